The van der Waals surface area contributed by atoms with Gasteiger partial charge in [-0.15, -0.1) is 0 Å². The van der Waals surface area contributed by atoms with Crippen molar-refractivity contribution in [3.63, 3.8) is 0 Å². The molecule has 1 rings (SSSR count). The Bertz CT molecular complexity index is 978. The number of hydrogen-bond donors (Lipinski definition) is 9. The molecular weight excluding hydrogens is 502 g/mol. The Hall–Kier alpha value is -4.21. The first kappa shape index (κ1) is 31.8. The van der Waals surface area contributed by atoms with E-state index in [1.165, 1.54) is 12.5 Å². The van der Waals surface area contributed by atoms with Gasteiger partial charge in [-0.05, 0) is 25.2 Å². The smallest absolute Gasteiger partial charge is 0.326 e. The van der Waals surface area contributed by atoms with Gasteiger partial charge in [-0.3, -0.25) is 24.2 Å². The van der Waals surface area contributed by atoms with E-state index in [1.54, 1.807) is 13.8 Å². The molecule has 4 atom stereocenters. The van der Waals surface area contributed by atoms with Crippen molar-refractivity contribution in [2.75, 3.05) is 6.54 Å². The topological polar surface area (TPSA) is 281 Å². The Morgan fingerprint density at radius 2 is 1.63 bits per heavy atom. The molecule has 4 unspecified atom stereocenters. The second kappa shape index (κ2) is 15.8. The van der Waals surface area contributed by atoms with Gasteiger partial charge in [0.2, 0.25) is 17.7 Å². The summed E-state index contributed by atoms with van der Waals surface area (Å²) >= 11 is 0. The lowest BCUT2D eigenvalue weighted by atomic mass is 10.0. The predicted molar refractivity (Wildman–Crippen MR) is 135 cm³/mol. The fourth-order valence-corrected chi connectivity index (χ4v) is 3.33. The van der Waals surface area contributed by atoms with Gasteiger partial charge in [0.05, 0.1) is 12.4 Å². The van der Waals surface area contributed by atoms with Crippen LogP contribution in [0.4, 0.5) is 0 Å². The van der Waals surface area contributed by atoms with Crippen LogP contribution in [0, 0.1) is 5.92 Å². The minimum atomic E-state index is -1.24. The number of carboxylic acids is 2. The third-order valence-electron chi connectivity index (χ3n) is 5.43. The summed E-state index contributed by atoms with van der Waals surface area (Å²) < 4.78 is 0. The molecule has 0 saturated heterocycles. The van der Waals surface area contributed by atoms with E-state index in [9.17, 15) is 29.1 Å². The van der Waals surface area contributed by atoms with E-state index in [-0.39, 0.29) is 44.6 Å². The number of aromatic amines is 1. The second-order valence-corrected chi connectivity index (χ2v) is 8.96. The minimum Gasteiger partial charge on any atom is -0.481 e. The highest BCUT2D eigenvalue weighted by Crippen LogP contribution is 2.07. The van der Waals surface area contributed by atoms with E-state index < -0.39 is 59.7 Å². The Kier molecular flexibility index (Phi) is 13.2. The largest absolute Gasteiger partial charge is 0.481 e. The lowest BCUT2D eigenvalue weighted by Crippen LogP contribution is -2.58. The van der Waals surface area contributed by atoms with Gasteiger partial charge in [0.15, 0.2) is 5.96 Å². The van der Waals surface area contributed by atoms with Crippen LogP contribution in [-0.4, -0.2) is 86.5 Å². The van der Waals surface area contributed by atoms with E-state index in [2.05, 4.69) is 30.9 Å². The van der Waals surface area contributed by atoms with Crippen molar-refractivity contribution in [2.45, 2.75) is 70.1 Å². The summed E-state index contributed by atoms with van der Waals surface area (Å²) in [5.74, 6) is -5.21. The molecule has 0 aliphatic rings. The number of imidazole rings is 1. The number of H-pyrrole nitrogens is 1. The molecular formula is C22H37N9O7. The third kappa shape index (κ3) is 11.7. The SMILES string of the molecule is CC(C)C(NC(=O)C(Cc1cnc[nH]1)NC(=O)C(CCCN=C(N)N)NC(=O)C(N)CCC(=O)O)C(=O)O. The number of aliphatic imine (C=N–C) groups is 1. The second-order valence-electron chi connectivity index (χ2n) is 8.96. The van der Waals surface area contributed by atoms with Gasteiger partial charge in [-0.2, -0.15) is 0 Å². The number of aromatic nitrogens is 2. The highest BCUT2D eigenvalue weighted by atomic mass is 16.4. The standard InChI is InChI=1S/C22H37N9O7/c1-11(2)17(21(37)38)31-20(36)15(8-12-9-26-10-28-12)30-19(35)14(4-3-7-27-22(24)25)29-18(34)13(23)5-6-16(32)33/h9-11,13-15,17H,3-8,23H2,1-2H3,(H,26,28)(H,29,34)(H,30,35)(H,31,36)(H,32,33)(H,37,38)(H4,24,25,27). The number of aliphatic carboxylic acids is 2. The van der Waals surface area contributed by atoms with Gasteiger partial charge in [-0.25, -0.2) is 9.78 Å². The van der Waals surface area contributed by atoms with Crippen molar-refractivity contribution < 1.29 is 34.2 Å². The van der Waals surface area contributed by atoms with Gasteiger partial charge in [0, 0.05) is 31.3 Å². The molecule has 212 valence electrons. The van der Waals surface area contributed by atoms with Crippen molar-refractivity contribution in [1.82, 2.24) is 25.9 Å². The number of nitrogens with two attached hydrogens (primary N) is 3. The average molecular weight is 540 g/mol. The van der Waals surface area contributed by atoms with E-state index >= 15 is 0 Å². The van der Waals surface area contributed by atoms with Crippen LogP contribution < -0.4 is 33.2 Å². The van der Waals surface area contributed by atoms with Crippen LogP contribution in [0.2, 0.25) is 0 Å². The molecule has 16 nitrogen and oxygen atoms in total. The average Bonchev–Trinajstić information content (AvgIpc) is 3.34. The van der Waals surface area contributed by atoms with Crippen LogP contribution in [0.5, 0.6) is 0 Å². The molecule has 1 aromatic rings. The van der Waals surface area contributed by atoms with Crippen LogP contribution in [0.25, 0.3) is 0 Å². The molecule has 0 saturated carbocycles. The summed E-state index contributed by atoms with van der Waals surface area (Å²) in [7, 11) is 0. The normalized spacial score (nSPS) is 14.0. The van der Waals surface area contributed by atoms with Crippen LogP contribution in [0.3, 0.4) is 0 Å². The van der Waals surface area contributed by atoms with E-state index in [0.29, 0.717) is 5.69 Å². The monoisotopic (exact) mass is 539 g/mol. The fourth-order valence-electron chi connectivity index (χ4n) is 3.33. The lowest BCUT2D eigenvalue weighted by molar-refractivity contribution is -0.143. The van der Waals surface area contributed by atoms with Gasteiger partial charge < -0.3 is 48.3 Å². The number of carboxylic acid groups (broad SMARTS) is 2. The Morgan fingerprint density at radius 1 is 1.00 bits per heavy atom. The fraction of sp³-hybridized carbons (Fsp3) is 0.591. The Labute approximate surface area is 219 Å². The third-order valence-corrected chi connectivity index (χ3v) is 5.43. The van der Waals surface area contributed by atoms with E-state index in [0.717, 1.165) is 0 Å². The molecule has 0 bridgehead atoms. The molecule has 16 heteroatoms. The number of nitrogens with zero attached hydrogens (tertiary/aromatic N) is 2. The van der Waals surface area contributed by atoms with Crippen molar-refractivity contribution in [3.05, 3.63) is 18.2 Å². The maximum absolute atomic E-state index is 13.2. The summed E-state index contributed by atoms with van der Waals surface area (Å²) in [5, 5.41) is 25.7. The number of guanidine groups is 1. The van der Waals surface area contributed by atoms with Crippen molar-refractivity contribution in [2.24, 2.45) is 28.1 Å². The van der Waals surface area contributed by atoms with Crippen molar-refractivity contribution in [1.29, 1.82) is 0 Å². The van der Waals surface area contributed by atoms with E-state index in [1.807, 2.05) is 0 Å². The van der Waals surface area contributed by atoms with Gasteiger partial charge >= 0.3 is 11.9 Å². The van der Waals surface area contributed by atoms with Crippen LogP contribution in [0.15, 0.2) is 17.5 Å². The Balaban J connectivity index is 3.09. The maximum atomic E-state index is 13.2. The first-order valence-corrected chi connectivity index (χ1v) is 12.0. The minimum absolute atomic E-state index is 0.0468. The summed E-state index contributed by atoms with van der Waals surface area (Å²) in [6.07, 6.45) is 2.61. The molecule has 0 aromatic carbocycles. The molecule has 0 radical (unpaired) electrons. The van der Waals surface area contributed by atoms with E-state index in [4.69, 9.17) is 22.3 Å². The molecule has 0 fully saturated rings. The zero-order valence-corrected chi connectivity index (χ0v) is 21.3. The summed E-state index contributed by atoms with van der Waals surface area (Å²) in [5.41, 5.74) is 16.9. The number of rotatable bonds is 17. The molecule has 3 amide bonds. The zero-order chi connectivity index (χ0) is 28.8. The number of amides is 3. The van der Waals surface area contributed by atoms with Crippen LogP contribution >= 0.6 is 0 Å². The van der Waals surface area contributed by atoms with Gasteiger partial charge in [0.1, 0.15) is 18.1 Å². The first-order chi connectivity index (χ1) is 17.8. The molecule has 0 aliphatic heterocycles. The van der Waals surface area contributed by atoms with Gasteiger partial charge in [0.25, 0.3) is 0 Å². The molecule has 0 spiro atoms. The quantitative estimate of drug-likeness (QED) is 0.0561. The highest BCUT2D eigenvalue weighted by molar-refractivity contribution is 5.94. The van der Waals surface area contributed by atoms with Crippen LogP contribution in [0.1, 0.15) is 45.2 Å². The lowest BCUT2D eigenvalue weighted by Gasteiger charge is -2.26. The summed E-state index contributed by atoms with van der Waals surface area (Å²) in [6, 6.07) is -4.79. The molecule has 1 heterocycles. The number of nitrogens with one attached hydrogen (secondary N) is 4. The highest BCUT2D eigenvalue weighted by Gasteiger charge is 2.31. The number of carbonyl (C=O) groups is 5. The first-order valence-electron chi connectivity index (χ1n) is 12.0. The number of carbonyl (C=O) groups excluding carboxylic acids is 3. The maximum Gasteiger partial charge on any atom is 0.326 e. The zero-order valence-electron chi connectivity index (χ0n) is 21.3. The Morgan fingerprint density at radius 3 is 2.16 bits per heavy atom. The van der Waals surface area contributed by atoms with Crippen LogP contribution in [-0.2, 0) is 30.4 Å². The summed E-state index contributed by atoms with van der Waals surface area (Å²) in [4.78, 5) is 71.7. The number of hydrogen-bond acceptors (Lipinski definition) is 8. The molecule has 1 aromatic heterocycles. The molecule has 38 heavy (non-hydrogen) atoms. The van der Waals surface area contributed by atoms with Crippen molar-refractivity contribution >= 4 is 35.6 Å². The van der Waals surface area contributed by atoms with Gasteiger partial charge in [-0.1, -0.05) is 13.8 Å². The summed E-state index contributed by atoms with van der Waals surface area (Å²) in [6.45, 7) is 3.40. The molecule has 0 aliphatic carbocycles. The van der Waals surface area contributed by atoms with Crippen molar-refractivity contribution in [3.8, 4) is 0 Å². The molecule has 12 N–H and O–H groups in total. The predicted octanol–water partition coefficient (Wildman–Crippen LogP) is -2.61.